The number of hydrogen-bond acceptors (Lipinski definition) is 4. The second kappa shape index (κ2) is 19.1. The van der Waals surface area contributed by atoms with Gasteiger partial charge in [0.15, 0.2) is 0 Å². The van der Waals surface area contributed by atoms with E-state index in [0.29, 0.717) is 24.4 Å². The normalized spacial score (nSPS) is 13.4. The van der Waals surface area contributed by atoms with Crippen LogP contribution in [0.5, 0.6) is 0 Å². The van der Waals surface area contributed by atoms with Crippen molar-refractivity contribution < 1.29 is 19.1 Å². The molecule has 0 N–H and O–H groups in total. The SMILES string of the molecule is C=C(C)C(=O)OCCCCCC1(CCCCCOC(=O)C(=C)C)c2cc(-c3ccc4ccc5cc(C(C)(C)C)cc6ccc3c4c56)ccc2-c2ccc(-c3ccc4ccc5cc(C(C)(C)C)cc6ccc3c4c56)cc21. The van der Waals surface area contributed by atoms with Crippen LogP contribution in [0.3, 0.4) is 0 Å². The molecule has 0 heterocycles. The first-order valence-corrected chi connectivity index (χ1v) is 27.3. The van der Waals surface area contributed by atoms with Crippen LogP contribution >= 0.6 is 0 Å². The highest BCUT2D eigenvalue weighted by molar-refractivity contribution is 6.27. The monoisotopic (exact) mass is 987 g/mol. The molecule has 0 amide bonds. The van der Waals surface area contributed by atoms with Gasteiger partial charge in [0, 0.05) is 16.6 Å². The highest BCUT2D eigenvalue weighted by atomic mass is 16.5. The Morgan fingerprint density at radius 2 is 0.760 bits per heavy atom. The summed E-state index contributed by atoms with van der Waals surface area (Å²) in [6.45, 7) is 25.5. The van der Waals surface area contributed by atoms with E-state index in [1.165, 1.54) is 120 Å². The number of esters is 2. The van der Waals surface area contributed by atoms with Crippen molar-refractivity contribution in [1.29, 1.82) is 0 Å². The Morgan fingerprint density at radius 1 is 0.413 bits per heavy atom. The topological polar surface area (TPSA) is 52.6 Å². The maximum Gasteiger partial charge on any atom is 0.333 e. The Hall–Kier alpha value is -7.30. The van der Waals surface area contributed by atoms with Crippen molar-refractivity contribution in [2.24, 2.45) is 0 Å². The van der Waals surface area contributed by atoms with E-state index in [0.717, 1.165) is 51.4 Å². The molecule has 0 aliphatic heterocycles. The molecule has 0 saturated carbocycles. The fourth-order valence-electron chi connectivity index (χ4n) is 12.5. The molecule has 11 rings (SSSR count). The molecule has 4 heteroatoms. The zero-order chi connectivity index (χ0) is 52.6. The molecule has 1 aliphatic carbocycles. The van der Waals surface area contributed by atoms with E-state index in [2.05, 4.69) is 188 Å². The van der Waals surface area contributed by atoms with Crippen molar-refractivity contribution in [1.82, 2.24) is 0 Å². The lowest BCUT2D eigenvalue weighted by molar-refractivity contribution is -0.139. The number of ether oxygens (including phenoxy) is 2. The van der Waals surface area contributed by atoms with Gasteiger partial charge in [-0.3, -0.25) is 0 Å². The van der Waals surface area contributed by atoms with Crippen LogP contribution in [0.2, 0.25) is 0 Å². The predicted octanol–water partition coefficient (Wildman–Crippen LogP) is 19.0. The molecule has 0 atom stereocenters. The molecule has 0 fully saturated rings. The first-order valence-electron chi connectivity index (χ1n) is 27.3. The van der Waals surface area contributed by atoms with E-state index in [1.54, 1.807) is 13.8 Å². The van der Waals surface area contributed by atoms with E-state index in [4.69, 9.17) is 9.47 Å². The maximum atomic E-state index is 12.4. The molecule has 10 aromatic carbocycles. The molecule has 0 saturated heterocycles. The van der Waals surface area contributed by atoms with Crippen LogP contribution < -0.4 is 0 Å². The van der Waals surface area contributed by atoms with Gasteiger partial charge in [-0.2, -0.15) is 0 Å². The van der Waals surface area contributed by atoms with Gasteiger partial charge in [0.05, 0.1) is 13.2 Å². The van der Waals surface area contributed by atoms with E-state index in [-0.39, 0.29) is 28.2 Å². The molecule has 0 radical (unpaired) electrons. The van der Waals surface area contributed by atoms with Crippen LogP contribution in [0.4, 0.5) is 0 Å². The predicted molar refractivity (Wildman–Crippen MR) is 317 cm³/mol. The van der Waals surface area contributed by atoms with Crippen LogP contribution in [-0.2, 0) is 35.3 Å². The molecule has 0 bridgehead atoms. The number of fused-ring (bicyclic) bond motifs is 3. The van der Waals surface area contributed by atoms with E-state index < -0.39 is 0 Å². The van der Waals surface area contributed by atoms with Gasteiger partial charge in [-0.15, -0.1) is 0 Å². The Labute approximate surface area is 443 Å². The summed E-state index contributed by atoms with van der Waals surface area (Å²) >= 11 is 0. The number of unbranched alkanes of at least 4 members (excludes halogenated alkanes) is 4. The average Bonchev–Trinajstić information content (AvgIpc) is 3.76. The van der Waals surface area contributed by atoms with Gasteiger partial charge in [0.25, 0.3) is 0 Å². The summed E-state index contributed by atoms with van der Waals surface area (Å²) in [4.78, 5) is 24.8. The summed E-state index contributed by atoms with van der Waals surface area (Å²) in [5, 5.41) is 15.5. The highest BCUT2D eigenvalue weighted by Crippen LogP contribution is 2.57. The summed E-state index contributed by atoms with van der Waals surface area (Å²) < 4.78 is 11.2. The molecule has 0 spiro atoms. The first kappa shape index (κ1) is 49.9. The van der Waals surface area contributed by atoms with Gasteiger partial charge in [-0.25, -0.2) is 9.59 Å². The van der Waals surface area contributed by atoms with Crippen molar-refractivity contribution >= 4 is 76.6 Å². The summed E-state index contributed by atoms with van der Waals surface area (Å²) in [7, 11) is 0. The fourth-order valence-corrected chi connectivity index (χ4v) is 12.5. The van der Waals surface area contributed by atoms with Gasteiger partial charge in [0.1, 0.15) is 0 Å². The Kier molecular flexibility index (Phi) is 12.7. The maximum absolute atomic E-state index is 12.4. The lowest BCUT2D eigenvalue weighted by Crippen LogP contribution is -2.26. The van der Waals surface area contributed by atoms with Gasteiger partial charge in [-0.05, 0) is 183 Å². The van der Waals surface area contributed by atoms with Crippen LogP contribution in [-0.4, -0.2) is 25.2 Å². The minimum absolute atomic E-state index is 0.0402. The number of carbonyl (C=O) groups excluding carboxylic acids is 2. The van der Waals surface area contributed by atoms with Crippen molar-refractivity contribution in [3.63, 3.8) is 0 Å². The smallest absolute Gasteiger partial charge is 0.333 e. The van der Waals surface area contributed by atoms with Gasteiger partial charge >= 0.3 is 11.9 Å². The zero-order valence-corrected chi connectivity index (χ0v) is 45.3. The fraction of sp³-hybridized carbons (Fsp3) is 0.296. The molecule has 378 valence electrons. The van der Waals surface area contributed by atoms with Crippen molar-refractivity contribution in [3.05, 3.63) is 180 Å². The molecule has 75 heavy (non-hydrogen) atoms. The summed E-state index contributed by atoms with van der Waals surface area (Å²) in [5.74, 6) is -0.663. The number of benzene rings is 10. The Morgan fingerprint density at radius 3 is 1.13 bits per heavy atom. The highest BCUT2D eigenvalue weighted by Gasteiger charge is 2.43. The standard InChI is InChI=1S/C71H70O4/c1-43(2)67(72)74-35-15-11-13-33-71(34-14-12-16-36-75-68(73)44(3)4)61-41-47(55-27-21-45-17-19-49-37-53(69(5,6)7)39-51-25-31-59(55)65(45)63(49)51)23-29-57(61)58-30-24-48(42-62(58)71)56-28-22-46-18-20-50-38-54(70(8,9)10)40-52-26-32-60(56)66(46)64(50)52/h17-32,37-42H,1,3,11-16,33-36H2,2,4-10H3. The second-order valence-electron chi connectivity index (χ2n) is 23.9. The number of carbonyl (C=O) groups is 2. The summed E-state index contributed by atoms with van der Waals surface area (Å²) in [5.41, 5.74) is 13.6. The lowest BCUT2D eigenvalue weighted by Gasteiger charge is -2.33. The van der Waals surface area contributed by atoms with Gasteiger partial charge in [-0.1, -0.05) is 202 Å². The van der Waals surface area contributed by atoms with Crippen LogP contribution in [0, 0.1) is 0 Å². The van der Waals surface area contributed by atoms with Crippen molar-refractivity contribution in [2.45, 2.75) is 123 Å². The van der Waals surface area contributed by atoms with Crippen molar-refractivity contribution in [3.8, 4) is 33.4 Å². The third-order valence-electron chi connectivity index (χ3n) is 16.6. The molecular weight excluding hydrogens is 917 g/mol. The molecule has 1 aliphatic rings. The molecule has 10 aromatic rings. The summed E-state index contributed by atoms with van der Waals surface area (Å²) in [6.07, 6.45) is 7.18. The third-order valence-corrected chi connectivity index (χ3v) is 16.6. The number of rotatable bonds is 16. The van der Waals surface area contributed by atoms with Gasteiger partial charge < -0.3 is 9.47 Å². The van der Waals surface area contributed by atoms with Gasteiger partial charge in [0.2, 0.25) is 0 Å². The zero-order valence-electron chi connectivity index (χ0n) is 45.3. The third kappa shape index (κ3) is 8.94. The van der Waals surface area contributed by atoms with Crippen LogP contribution in [0.25, 0.3) is 98.0 Å². The Balaban J connectivity index is 1.05. The van der Waals surface area contributed by atoms with E-state index in [1.807, 2.05) is 0 Å². The van der Waals surface area contributed by atoms with Crippen LogP contribution in [0.15, 0.2) is 158 Å². The molecule has 4 nitrogen and oxygen atoms in total. The lowest BCUT2D eigenvalue weighted by atomic mass is 9.70. The average molecular weight is 987 g/mol. The first-order chi connectivity index (χ1) is 35.9. The Bertz CT molecular complexity index is 3610. The van der Waals surface area contributed by atoms with E-state index >= 15 is 0 Å². The van der Waals surface area contributed by atoms with E-state index in [9.17, 15) is 9.59 Å². The van der Waals surface area contributed by atoms with Crippen molar-refractivity contribution in [2.75, 3.05) is 13.2 Å². The molecule has 0 unspecified atom stereocenters. The minimum Gasteiger partial charge on any atom is -0.462 e. The second-order valence-corrected chi connectivity index (χ2v) is 23.9. The number of hydrogen-bond donors (Lipinski definition) is 0. The molecule has 0 aromatic heterocycles. The quantitative estimate of drug-likeness (QED) is 0.0419. The van der Waals surface area contributed by atoms with Crippen LogP contribution in [0.1, 0.15) is 129 Å². The largest absolute Gasteiger partial charge is 0.462 e. The molecular formula is C71H70O4. The summed E-state index contributed by atoms with van der Waals surface area (Å²) in [6, 6.07) is 52.0. The minimum atomic E-state index is -0.331.